The second-order valence-electron chi connectivity index (χ2n) is 5.59. The maximum Gasteiger partial charge on any atom is 0.326 e. The molecule has 1 aromatic heterocycles. The van der Waals surface area contributed by atoms with E-state index in [9.17, 15) is 14.4 Å². The molecule has 21 heavy (non-hydrogen) atoms. The smallest absolute Gasteiger partial charge is 0.326 e. The Labute approximate surface area is 127 Å². The summed E-state index contributed by atoms with van der Waals surface area (Å²) in [6, 6.07) is 0.456. The average Bonchev–Trinajstić information content (AvgIpc) is 2.71. The number of carbonyl (C=O) groups is 3. The molecule has 116 valence electrons. The van der Waals surface area contributed by atoms with E-state index in [0.717, 1.165) is 5.56 Å². The Kier molecular flexibility index (Phi) is 5.48. The van der Waals surface area contributed by atoms with Gasteiger partial charge in [-0.05, 0) is 44.7 Å². The van der Waals surface area contributed by atoms with Gasteiger partial charge in [-0.3, -0.25) is 9.59 Å². The molecule has 0 bridgehead atoms. The van der Waals surface area contributed by atoms with Gasteiger partial charge in [-0.25, -0.2) is 4.79 Å². The zero-order chi connectivity index (χ0) is 16.2. The van der Waals surface area contributed by atoms with Crippen molar-refractivity contribution in [1.29, 1.82) is 0 Å². The number of aliphatic carboxylic acids is 1. The van der Waals surface area contributed by atoms with Crippen LogP contribution in [-0.2, 0) is 14.3 Å². The third kappa shape index (κ3) is 5.55. The lowest BCUT2D eigenvalue weighted by Gasteiger charge is -2.21. The first-order valence-electron chi connectivity index (χ1n) is 6.40. The van der Waals surface area contributed by atoms with E-state index < -0.39 is 35.9 Å². The SMILES string of the molecule is Cc1ccsc1C(=O)N[C@@H](CC(=O)OC(C)(C)C)C(=O)O. The normalized spacial score (nSPS) is 12.6. The van der Waals surface area contributed by atoms with E-state index >= 15 is 0 Å². The van der Waals surface area contributed by atoms with Crippen LogP contribution >= 0.6 is 11.3 Å². The molecule has 0 aliphatic carbocycles. The number of carboxylic acid groups (broad SMARTS) is 1. The van der Waals surface area contributed by atoms with Crippen LogP contribution in [0.15, 0.2) is 11.4 Å². The number of ether oxygens (including phenoxy) is 1. The first-order valence-corrected chi connectivity index (χ1v) is 7.27. The number of rotatable bonds is 5. The van der Waals surface area contributed by atoms with Gasteiger partial charge in [0, 0.05) is 0 Å². The Morgan fingerprint density at radius 2 is 2.00 bits per heavy atom. The van der Waals surface area contributed by atoms with Crippen molar-refractivity contribution >= 4 is 29.2 Å². The molecule has 0 aliphatic rings. The van der Waals surface area contributed by atoms with Crippen molar-refractivity contribution in [3.63, 3.8) is 0 Å². The van der Waals surface area contributed by atoms with Gasteiger partial charge < -0.3 is 15.2 Å². The fourth-order valence-corrected chi connectivity index (χ4v) is 2.41. The number of carbonyl (C=O) groups excluding carboxylic acids is 2. The Morgan fingerprint density at radius 3 is 2.43 bits per heavy atom. The molecule has 1 heterocycles. The van der Waals surface area contributed by atoms with Crippen LogP contribution in [0.5, 0.6) is 0 Å². The van der Waals surface area contributed by atoms with Crippen molar-refractivity contribution in [1.82, 2.24) is 5.32 Å². The number of thiophene rings is 1. The van der Waals surface area contributed by atoms with E-state index in [1.54, 1.807) is 39.1 Å². The molecule has 0 spiro atoms. The molecular formula is C14H19NO5S. The molecule has 0 aromatic carbocycles. The summed E-state index contributed by atoms with van der Waals surface area (Å²) in [6.07, 6.45) is -0.414. The molecule has 2 N–H and O–H groups in total. The van der Waals surface area contributed by atoms with Crippen molar-refractivity contribution in [3.8, 4) is 0 Å². The van der Waals surface area contributed by atoms with Crippen LogP contribution in [0, 0.1) is 6.92 Å². The standard InChI is InChI=1S/C14H19NO5S/c1-8-5-6-21-11(8)12(17)15-9(13(18)19)7-10(16)20-14(2,3)4/h5-6,9H,7H2,1-4H3,(H,15,17)(H,18,19)/t9-/m0/s1. The van der Waals surface area contributed by atoms with Gasteiger partial charge in [-0.1, -0.05) is 0 Å². The second kappa shape index (κ2) is 6.71. The van der Waals surface area contributed by atoms with Crippen molar-refractivity contribution in [2.24, 2.45) is 0 Å². The molecular weight excluding hydrogens is 294 g/mol. The van der Waals surface area contributed by atoms with Gasteiger partial charge in [-0.15, -0.1) is 11.3 Å². The van der Waals surface area contributed by atoms with Crippen LogP contribution in [0.2, 0.25) is 0 Å². The van der Waals surface area contributed by atoms with Crippen LogP contribution in [0.1, 0.15) is 42.4 Å². The highest BCUT2D eigenvalue weighted by Crippen LogP contribution is 2.16. The summed E-state index contributed by atoms with van der Waals surface area (Å²) in [5, 5.41) is 13.2. The van der Waals surface area contributed by atoms with Gasteiger partial charge in [0.15, 0.2) is 0 Å². The Bertz CT molecular complexity index is 544. The van der Waals surface area contributed by atoms with Crippen LogP contribution in [0.25, 0.3) is 0 Å². The highest BCUT2D eigenvalue weighted by Gasteiger charge is 2.27. The summed E-state index contributed by atoms with van der Waals surface area (Å²) in [5.74, 6) is -2.44. The molecule has 0 aliphatic heterocycles. The Morgan fingerprint density at radius 1 is 1.38 bits per heavy atom. The molecule has 1 atom stereocenters. The predicted octanol–water partition coefficient (Wildman–Crippen LogP) is 1.97. The summed E-state index contributed by atoms with van der Waals surface area (Å²) in [7, 11) is 0. The molecule has 0 saturated carbocycles. The molecule has 1 aromatic rings. The van der Waals surface area contributed by atoms with Crippen molar-refractivity contribution in [2.75, 3.05) is 0 Å². The molecule has 7 heteroatoms. The fraction of sp³-hybridized carbons (Fsp3) is 0.500. The number of hydrogen-bond donors (Lipinski definition) is 2. The number of carboxylic acids is 1. The minimum absolute atomic E-state index is 0.414. The van der Waals surface area contributed by atoms with Gasteiger partial charge >= 0.3 is 11.9 Å². The molecule has 1 rings (SSSR count). The average molecular weight is 313 g/mol. The third-order valence-electron chi connectivity index (χ3n) is 2.46. The zero-order valence-corrected chi connectivity index (χ0v) is 13.2. The third-order valence-corrected chi connectivity index (χ3v) is 3.48. The summed E-state index contributed by atoms with van der Waals surface area (Å²) in [5.41, 5.74) is 0.0630. The quantitative estimate of drug-likeness (QED) is 0.811. The van der Waals surface area contributed by atoms with Crippen LogP contribution in [-0.4, -0.2) is 34.6 Å². The van der Waals surface area contributed by atoms with Crippen LogP contribution in [0.4, 0.5) is 0 Å². The first kappa shape index (κ1) is 17.2. The number of aryl methyl sites for hydroxylation is 1. The van der Waals surface area contributed by atoms with Crippen LogP contribution < -0.4 is 5.32 Å². The topological polar surface area (TPSA) is 92.7 Å². The zero-order valence-electron chi connectivity index (χ0n) is 12.4. The Balaban J connectivity index is 2.71. The van der Waals surface area contributed by atoms with E-state index in [1.807, 2.05) is 0 Å². The van der Waals surface area contributed by atoms with E-state index in [0.29, 0.717) is 4.88 Å². The van der Waals surface area contributed by atoms with E-state index in [4.69, 9.17) is 9.84 Å². The second-order valence-corrected chi connectivity index (χ2v) is 6.50. The molecule has 1 amide bonds. The summed E-state index contributed by atoms with van der Waals surface area (Å²) in [4.78, 5) is 35.3. The van der Waals surface area contributed by atoms with Gasteiger partial charge in [-0.2, -0.15) is 0 Å². The van der Waals surface area contributed by atoms with Crippen molar-refractivity contribution in [2.45, 2.75) is 45.8 Å². The predicted molar refractivity (Wildman–Crippen MR) is 78.4 cm³/mol. The molecule has 0 unspecified atom stereocenters. The number of nitrogens with one attached hydrogen (secondary N) is 1. The number of esters is 1. The lowest BCUT2D eigenvalue weighted by Crippen LogP contribution is -2.43. The molecule has 0 radical (unpaired) electrons. The lowest BCUT2D eigenvalue weighted by molar-refractivity contribution is -0.158. The van der Waals surface area contributed by atoms with Crippen LogP contribution in [0.3, 0.4) is 0 Å². The molecule has 0 fully saturated rings. The van der Waals surface area contributed by atoms with Gasteiger partial charge in [0.2, 0.25) is 0 Å². The van der Waals surface area contributed by atoms with Crippen molar-refractivity contribution in [3.05, 3.63) is 21.9 Å². The van der Waals surface area contributed by atoms with Gasteiger partial charge in [0.05, 0.1) is 11.3 Å². The highest BCUT2D eigenvalue weighted by molar-refractivity contribution is 7.12. The molecule has 0 saturated heterocycles. The van der Waals surface area contributed by atoms with E-state index in [2.05, 4.69) is 5.32 Å². The van der Waals surface area contributed by atoms with E-state index in [-0.39, 0.29) is 0 Å². The highest BCUT2D eigenvalue weighted by atomic mass is 32.1. The monoisotopic (exact) mass is 313 g/mol. The van der Waals surface area contributed by atoms with Crippen molar-refractivity contribution < 1.29 is 24.2 Å². The summed E-state index contributed by atoms with van der Waals surface area (Å²) in [6.45, 7) is 6.83. The summed E-state index contributed by atoms with van der Waals surface area (Å²) < 4.78 is 5.06. The fourth-order valence-electron chi connectivity index (χ4n) is 1.58. The minimum Gasteiger partial charge on any atom is -0.480 e. The number of amides is 1. The van der Waals surface area contributed by atoms with Gasteiger partial charge in [0.1, 0.15) is 11.6 Å². The number of hydrogen-bond acceptors (Lipinski definition) is 5. The lowest BCUT2D eigenvalue weighted by atomic mass is 10.1. The van der Waals surface area contributed by atoms with Gasteiger partial charge in [0.25, 0.3) is 5.91 Å². The largest absolute Gasteiger partial charge is 0.480 e. The first-order chi connectivity index (χ1) is 9.60. The molecule has 6 nitrogen and oxygen atoms in total. The maximum absolute atomic E-state index is 12.0. The van der Waals surface area contributed by atoms with E-state index in [1.165, 1.54) is 11.3 Å². The minimum atomic E-state index is -1.31. The Hall–Kier alpha value is -1.89. The summed E-state index contributed by atoms with van der Waals surface area (Å²) >= 11 is 1.22. The maximum atomic E-state index is 12.0.